The largest absolute Gasteiger partial charge is 0.392 e. The number of urea groups is 1. The third-order valence-corrected chi connectivity index (χ3v) is 1.50. The molecule has 0 aliphatic heterocycles. The topological polar surface area (TPSA) is 74.2 Å². The molecule has 0 bridgehead atoms. The minimum Gasteiger partial charge on any atom is -0.392 e. The number of rotatable bonds is 3. The smallest absolute Gasteiger partial charge is 0.319 e. The van der Waals surface area contributed by atoms with Gasteiger partial charge in [0.05, 0.1) is 6.10 Å². The summed E-state index contributed by atoms with van der Waals surface area (Å²) in [6.45, 7) is 1.84. The van der Waals surface area contributed by atoms with Crippen molar-refractivity contribution in [1.29, 1.82) is 0 Å². The van der Waals surface area contributed by atoms with Crippen molar-refractivity contribution in [2.45, 2.75) is 13.0 Å². The number of hydrogen-bond donors (Lipinski definition) is 3. The maximum atomic E-state index is 11.2. The Bertz CT molecular complexity index is 287. The molecule has 0 aromatic carbocycles. The molecule has 1 atom stereocenters. The molecule has 1 aromatic heterocycles. The van der Waals surface area contributed by atoms with Crippen molar-refractivity contribution in [2.24, 2.45) is 0 Å². The summed E-state index contributed by atoms with van der Waals surface area (Å²) in [4.78, 5) is 15.0. The molecule has 1 aromatic rings. The number of nitrogens with one attached hydrogen (secondary N) is 2. The number of anilines is 1. The first kappa shape index (κ1) is 10.5. The van der Waals surface area contributed by atoms with Gasteiger partial charge in [-0.05, 0) is 19.1 Å². The van der Waals surface area contributed by atoms with Gasteiger partial charge in [-0.2, -0.15) is 0 Å². The number of pyridine rings is 1. The van der Waals surface area contributed by atoms with Crippen molar-refractivity contribution in [2.75, 3.05) is 11.9 Å². The maximum Gasteiger partial charge on any atom is 0.319 e. The van der Waals surface area contributed by atoms with E-state index >= 15 is 0 Å². The monoisotopic (exact) mass is 195 g/mol. The van der Waals surface area contributed by atoms with Gasteiger partial charge >= 0.3 is 6.03 Å². The number of aliphatic hydroxyl groups is 1. The summed E-state index contributed by atoms with van der Waals surface area (Å²) in [5.41, 5.74) is 0.670. The number of amides is 2. The second-order valence-corrected chi connectivity index (χ2v) is 2.92. The lowest BCUT2D eigenvalue weighted by atomic mass is 10.4. The summed E-state index contributed by atoms with van der Waals surface area (Å²) in [5.74, 6) is 0. The molecule has 5 nitrogen and oxygen atoms in total. The Labute approximate surface area is 82.2 Å². The zero-order valence-corrected chi connectivity index (χ0v) is 7.90. The van der Waals surface area contributed by atoms with Gasteiger partial charge in [-0.3, -0.25) is 4.98 Å². The van der Waals surface area contributed by atoms with E-state index in [1.165, 1.54) is 0 Å². The minimum absolute atomic E-state index is 0.233. The second kappa shape index (κ2) is 5.18. The lowest BCUT2D eigenvalue weighted by molar-refractivity contribution is 0.190. The molecule has 0 aliphatic rings. The fourth-order valence-electron chi connectivity index (χ4n) is 0.851. The summed E-state index contributed by atoms with van der Waals surface area (Å²) < 4.78 is 0. The molecule has 0 aliphatic carbocycles. The summed E-state index contributed by atoms with van der Waals surface area (Å²) in [6, 6.07) is 3.03. The number of hydrogen-bond acceptors (Lipinski definition) is 3. The number of carbonyl (C=O) groups is 1. The van der Waals surface area contributed by atoms with E-state index in [4.69, 9.17) is 5.11 Å². The molecular weight excluding hydrogens is 182 g/mol. The van der Waals surface area contributed by atoms with Gasteiger partial charge < -0.3 is 15.7 Å². The third kappa shape index (κ3) is 3.86. The van der Waals surface area contributed by atoms with Crippen LogP contribution in [0.2, 0.25) is 0 Å². The van der Waals surface area contributed by atoms with Gasteiger partial charge in [0.15, 0.2) is 0 Å². The highest BCUT2D eigenvalue weighted by atomic mass is 16.3. The van der Waals surface area contributed by atoms with Gasteiger partial charge in [-0.1, -0.05) is 0 Å². The Hall–Kier alpha value is -1.62. The lowest BCUT2D eigenvalue weighted by Gasteiger charge is -2.08. The lowest BCUT2D eigenvalue weighted by Crippen LogP contribution is -2.34. The van der Waals surface area contributed by atoms with Crippen molar-refractivity contribution < 1.29 is 9.90 Å². The molecule has 0 saturated heterocycles. The SMILES string of the molecule is CC(O)CNC(=O)Nc1ccncc1. The van der Waals surface area contributed by atoms with Crippen LogP contribution in [0.1, 0.15) is 6.92 Å². The van der Waals surface area contributed by atoms with Gasteiger partial charge in [0, 0.05) is 24.6 Å². The highest BCUT2D eigenvalue weighted by Crippen LogP contribution is 2.01. The van der Waals surface area contributed by atoms with Crippen LogP contribution in [0.3, 0.4) is 0 Å². The molecule has 2 amide bonds. The van der Waals surface area contributed by atoms with Gasteiger partial charge in [0.2, 0.25) is 0 Å². The fraction of sp³-hybridized carbons (Fsp3) is 0.333. The van der Waals surface area contributed by atoms with Gasteiger partial charge in [-0.15, -0.1) is 0 Å². The van der Waals surface area contributed by atoms with Crippen LogP contribution in [-0.2, 0) is 0 Å². The van der Waals surface area contributed by atoms with E-state index in [0.29, 0.717) is 5.69 Å². The normalized spacial score (nSPS) is 11.9. The quantitative estimate of drug-likeness (QED) is 0.660. The molecule has 76 valence electrons. The predicted octanol–water partition coefficient (Wildman–Crippen LogP) is 0.584. The van der Waals surface area contributed by atoms with Crippen molar-refractivity contribution >= 4 is 11.7 Å². The van der Waals surface area contributed by atoms with Gasteiger partial charge in [0.1, 0.15) is 0 Å². The van der Waals surface area contributed by atoms with Crippen molar-refractivity contribution in [3.8, 4) is 0 Å². The number of nitrogens with zero attached hydrogens (tertiary/aromatic N) is 1. The molecule has 0 fully saturated rings. The number of aromatic nitrogens is 1. The van der Waals surface area contributed by atoms with E-state index in [1.54, 1.807) is 31.5 Å². The standard InChI is InChI=1S/C9H13N3O2/c1-7(13)6-11-9(14)12-8-2-4-10-5-3-8/h2-5,7,13H,6H2,1H3,(H2,10,11,12,14). The van der Waals surface area contributed by atoms with Crippen LogP contribution in [0.15, 0.2) is 24.5 Å². The van der Waals surface area contributed by atoms with Crippen molar-refractivity contribution in [3.05, 3.63) is 24.5 Å². The first-order valence-corrected chi connectivity index (χ1v) is 4.31. The predicted molar refractivity (Wildman–Crippen MR) is 52.9 cm³/mol. The Kier molecular flexibility index (Phi) is 3.87. The summed E-state index contributed by atoms with van der Waals surface area (Å²) in [5, 5.41) is 14.0. The third-order valence-electron chi connectivity index (χ3n) is 1.50. The highest BCUT2D eigenvalue weighted by Gasteiger charge is 2.01. The Morgan fingerprint density at radius 2 is 2.21 bits per heavy atom. The molecule has 1 rings (SSSR count). The second-order valence-electron chi connectivity index (χ2n) is 2.92. The van der Waals surface area contributed by atoms with Gasteiger partial charge in [-0.25, -0.2) is 4.79 Å². The zero-order chi connectivity index (χ0) is 10.4. The summed E-state index contributed by atoms with van der Waals surface area (Å²) in [7, 11) is 0. The van der Waals surface area contributed by atoms with E-state index in [9.17, 15) is 4.79 Å². The van der Waals surface area contributed by atoms with E-state index in [1.807, 2.05) is 0 Å². The molecule has 1 heterocycles. The minimum atomic E-state index is -0.543. The van der Waals surface area contributed by atoms with E-state index in [-0.39, 0.29) is 12.6 Å². The van der Waals surface area contributed by atoms with E-state index in [0.717, 1.165) is 0 Å². The fourth-order valence-corrected chi connectivity index (χ4v) is 0.851. The Morgan fingerprint density at radius 3 is 2.79 bits per heavy atom. The number of aliphatic hydroxyl groups excluding tert-OH is 1. The molecule has 0 saturated carbocycles. The van der Waals surface area contributed by atoms with E-state index < -0.39 is 6.10 Å². The van der Waals surface area contributed by atoms with Crippen LogP contribution < -0.4 is 10.6 Å². The zero-order valence-electron chi connectivity index (χ0n) is 7.90. The Balaban J connectivity index is 2.35. The first-order valence-electron chi connectivity index (χ1n) is 4.31. The van der Waals surface area contributed by atoms with Crippen LogP contribution in [0.25, 0.3) is 0 Å². The first-order chi connectivity index (χ1) is 6.68. The molecule has 3 N–H and O–H groups in total. The van der Waals surface area contributed by atoms with Crippen molar-refractivity contribution in [1.82, 2.24) is 10.3 Å². The molecule has 0 spiro atoms. The maximum absolute atomic E-state index is 11.2. The summed E-state index contributed by atoms with van der Waals surface area (Å²) >= 11 is 0. The van der Waals surface area contributed by atoms with Gasteiger partial charge in [0.25, 0.3) is 0 Å². The average molecular weight is 195 g/mol. The Morgan fingerprint density at radius 1 is 1.57 bits per heavy atom. The van der Waals surface area contributed by atoms with Crippen LogP contribution in [0, 0.1) is 0 Å². The van der Waals surface area contributed by atoms with Crippen molar-refractivity contribution in [3.63, 3.8) is 0 Å². The highest BCUT2D eigenvalue weighted by molar-refractivity contribution is 5.89. The van der Waals surface area contributed by atoms with Crippen LogP contribution >= 0.6 is 0 Å². The van der Waals surface area contributed by atoms with E-state index in [2.05, 4.69) is 15.6 Å². The van der Waals surface area contributed by atoms with Crippen LogP contribution in [-0.4, -0.2) is 28.8 Å². The van der Waals surface area contributed by atoms with Crippen LogP contribution in [0.4, 0.5) is 10.5 Å². The average Bonchev–Trinajstić information content (AvgIpc) is 2.16. The van der Waals surface area contributed by atoms with Crippen LogP contribution in [0.5, 0.6) is 0 Å². The molecule has 14 heavy (non-hydrogen) atoms. The number of carbonyl (C=O) groups excluding carboxylic acids is 1. The summed E-state index contributed by atoms with van der Waals surface area (Å²) in [6.07, 6.45) is 2.63. The molecular formula is C9H13N3O2. The molecule has 1 unspecified atom stereocenters. The molecule has 0 radical (unpaired) electrons. The molecule has 5 heteroatoms.